The van der Waals surface area contributed by atoms with E-state index in [9.17, 15) is 4.79 Å². The number of carbonyl (C=O) groups excluding carboxylic acids is 1. The topological polar surface area (TPSA) is 26.3 Å². The van der Waals surface area contributed by atoms with E-state index in [1.54, 1.807) is 12.1 Å². The van der Waals surface area contributed by atoms with E-state index in [1.165, 1.54) is 10.8 Å². The average Bonchev–Trinajstić information content (AvgIpc) is 2.66. The summed E-state index contributed by atoms with van der Waals surface area (Å²) in [5.74, 6) is -0.298. The number of carbonyl (C=O) groups is 1. The number of hydrogen-bond donors (Lipinski definition) is 0. The van der Waals surface area contributed by atoms with Crippen molar-refractivity contribution in [3.05, 3.63) is 96.1 Å². The molecule has 2 heteroatoms. The Morgan fingerprint density at radius 3 is 2.12 bits per heavy atom. The lowest BCUT2D eigenvalue weighted by molar-refractivity contribution is 0.0474. The normalized spacial score (nSPS) is 10.8. The second-order valence-electron chi connectivity index (χ2n) is 5.74. The van der Waals surface area contributed by atoms with E-state index in [0.717, 1.165) is 16.3 Å². The summed E-state index contributed by atoms with van der Waals surface area (Å²) in [7, 11) is 0. The lowest BCUT2D eigenvalue weighted by Crippen LogP contribution is -2.05. The molecular weight excluding hydrogens is 296 g/mol. The zero-order valence-corrected chi connectivity index (χ0v) is 13.1. The first-order chi connectivity index (χ1) is 11.8. The van der Waals surface area contributed by atoms with Gasteiger partial charge in [0.2, 0.25) is 0 Å². The smallest absolute Gasteiger partial charge is 0.338 e. The predicted molar refractivity (Wildman–Crippen MR) is 97.0 cm³/mol. The van der Waals surface area contributed by atoms with Gasteiger partial charge in [0, 0.05) is 0 Å². The third-order valence-corrected chi connectivity index (χ3v) is 4.22. The van der Waals surface area contributed by atoms with Gasteiger partial charge in [-0.05, 0) is 45.3 Å². The molecule has 4 rings (SSSR count). The van der Waals surface area contributed by atoms with Crippen LogP contribution in [0, 0.1) is 0 Å². The molecule has 0 aliphatic rings. The molecule has 0 radical (unpaired) electrons. The SMILES string of the molecule is O=C(OCc1cc2ccccc2c2ccccc12)c1ccccc1. The molecule has 0 heterocycles. The van der Waals surface area contributed by atoms with Crippen LogP contribution in [-0.4, -0.2) is 5.97 Å². The highest BCUT2D eigenvalue weighted by Gasteiger charge is 2.10. The van der Waals surface area contributed by atoms with Crippen molar-refractivity contribution in [1.29, 1.82) is 0 Å². The summed E-state index contributed by atoms with van der Waals surface area (Å²) in [6.07, 6.45) is 0. The molecular formula is C22H16O2. The second-order valence-corrected chi connectivity index (χ2v) is 5.74. The predicted octanol–water partition coefficient (Wildman–Crippen LogP) is 5.35. The highest BCUT2D eigenvalue weighted by molar-refractivity contribution is 6.08. The third-order valence-electron chi connectivity index (χ3n) is 4.22. The van der Waals surface area contributed by atoms with Gasteiger partial charge in [0.05, 0.1) is 5.56 Å². The molecule has 0 fully saturated rings. The van der Waals surface area contributed by atoms with Crippen molar-refractivity contribution in [3.8, 4) is 0 Å². The van der Waals surface area contributed by atoms with Gasteiger partial charge in [-0.3, -0.25) is 0 Å². The summed E-state index contributed by atoms with van der Waals surface area (Å²) in [5.41, 5.74) is 1.59. The number of benzene rings is 4. The molecule has 2 nitrogen and oxygen atoms in total. The number of hydrogen-bond acceptors (Lipinski definition) is 2. The Morgan fingerprint density at radius 2 is 1.33 bits per heavy atom. The Balaban J connectivity index is 1.72. The van der Waals surface area contributed by atoms with Gasteiger partial charge in [-0.1, -0.05) is 66.7 Å². The Labute approximate surface area is 140 Å². The average molecular weight is 312 g/mol. The first-order valence-corrected chi connectivity index (χ1v) is 7.94. The molecule has 0 N–H and O–H groups in total. The van der Waals surface area contributed by atoms with Crippen LogP contribution in [-0.2, 0) is 11.3 Å². The minimum atomic E-state index is -0.298. The fraction of sp³-hybridized carbons (Fsp3) is 0.0455. The largest absolute Gasteiger partial charge is 0.457 e. The Kier molecular flexibility index (Phi) is 3.72. The fourth-order valence-corrected chi connectivity index (χ4v) is 3.05. The molecule has 116 valence electrons. The summed E-state index contributed by atoms with van der Waals surface area (Å²) in [4.78, 5) is 12.2. The minimum absolute atomic E-state index is 0.263. The maximum absolute atomic E-state index is 12.2. The molecule has 0 saturated carbocycles. The van der Waals surface area contributed by atoms with Crippen LogP contribution in [0.2, 0.25) is 0 Å². The number of esters is 1. The van der Waals surface area contributed by atoms with Gasteiger partial charge in [0.25, 0.3) is 0 Å². The van der Waals surface area contributed by atoms with Crippen LogP contribution < -0.4 is 0 Å². The maximum atomic E-state index is 12.2. The molecule has 0 aliphatic carbocycles. The summed E-state index contributed by atoms with van der Waals surface area (Å²) < 4.78 is 5.53. The molecule has 0 spiro atoms. The van der Waals surface area contributed by atoms with Crippen molar-refractivity contribution >= 4 is 27.5 Å². The first-order valence-electron chi connectivity index (χ1n) is 7.94. The molecule has 0 saturated heterocycles. The molecule has 0 unspecified atom stereocenters. The van der Waals surface area contributed by atoms with Crippen LogP contribution in [0.4, 0.5) is 0 Å². The van der Waals surface area contributed by atoms with E-state index >= 15 is 0 Å². The van der Waals surface area contributed by atoms with Crippen molar-refractivity contribution < 1.29 is 9.53 Å². The molecule has 0 aliphatic heterocycles. The molecule has 0 aromatic heterocycles. The van der Waals surface area contributed by atoms with E-state index in [0.29, 0.717) is 5.56 Å². The Hall–Kier alpha value is -3.13. The van der Waals surface area contributed by atoms with Gasteiger partial charge in [0.1, 0.15) is 6.61 Å². The summed E-state index contributed by atoms with van der Waals surface area (Å²) in [6, 6.07) is 27.7. The highest BCUT2D eigenvalue weighted by Crippen LogP contribution is 2.29. The second kappa shape index (κ2) is 6.17. The quantitative estimate of drug-likeness (QED) is 0.376. The Bertz CT molecular complexity index is 1020. The monoisotopic (exact) mass is 312 g/mol. The standard InChI is InChI=1S/C22H16O2/c23-22(16-8-2-1-3-9-16)24-15-18-14-17-10-4-5-11-19(17)21-13-7-6-12-20(18)21/h1-14H,15H2. The number of rotatable bonds is 3. The van der Waals surface area contributed by atoms with E-state index in [2.05, 4.69) is 30.3 Å². The van der Waals surface area contributed by atoms with Crippen LogP contribution >= 0.6 is 0 Å². The molecule has 24 heavy (non-hydrogen) atoms. The van der Waals surface area contributed by atoms with Crippen LogP contribution in [0.15, 0.2) is 84.9 Å². The highest BCUT2D eigenvalue weighted by atomic mass is 16.5. The zero-order chi connectivity index (χ0) is 16.4. The van der Waals surface area contributed by atoms with Crippen molar-refractivity contribution in [2.24, 2.45) is 0 Å². The summed E-state index contributed by atoms with van der Waals surface area (Å²) in [5, 5.41) is 4.67. The molecule has 4 aromatic rings. The van der Waals surface area contributed by atoms with Gasteiger partial charge in [-0.25, -0.2) is 4.79 Å². The molecule has 0 bridgehead atoms. The lowest BCUT2D eigenvalue weighted by atomic mass is 9.98. The van der Waals surface area contributed by atoms with Crippen molar-refractivity contribution in [1.82, 2.24) is 0 Å². The van der Waals surface area contributed by atoms with E-state index in [-0.39, 0.29) is 12.6 Å². The van der Waals surface area contributed by atoms with Crippen LogP contribution in [0.25, 0.3) is 21.5 Å². The number of fused-ring (bicyclic) bond motifs is 3. The maximum Gasteiger partial charge on any atom is 0.338 e. The third kappa shape index (κ3) is 2.63. The molecule has 0 amide bonds. The van der Waals surface area contributed by atoms with Gasteiger partial charge in [-0.15, -0.1) is 0 Å². The van der Waals surface area contributed by atoms with E-state index in [1.807, 2.05) is 42.5 Å². The zero-order valence-electron chi connectivity index (χ0n) is 13.1. The minimum Gasteiger partial charge on any atom is -0.457 e. The van der Waals surface area contributed by atoms with Gasteiger partial charge < -0.3 is 4.74 Å². The molecule has 4 aromatic carbocycles. The summed E-state index contributed by atoms with van der Waals surface area (Å²) >= 11 is 0. The Morgan fingerprint density at radius 1 is 0.708 bits per heavy atom. The van der Waals surface area contributed by atoms with Gasteiger partial charge >= 0.3 is 5.97 Å². The van der Waals surface area contributed by atoms with Crippen molar-refractivity contribution in [3.63, 3.8) is 0 Å². The van der Waals surface area contributed by atoms with Crippen molar-refractivity contribution in [2.45, 2.75) is 6.61 Å². The van der Waals surface area contributed by atoms with E-state index in [4.69, 9.17) is 4.74 Å². The van der Waals surface area contributed by atoms with Crippen LogP contribution in [0.3, 0.4) is 0 Å². The molecule has 0 atom stereocenters. The fourth-order valence-electron chi connectivity index (χ4n) is 3.05. The first kappa shape index (κ1) is 14.5. The van der Waals surface area contributed by atoms with Gasteiger partial charge in [-0.2, -0.15) is 0 Å². The van der Waals surface area contributed by atoms with E-state index < -0.39 is 0 Å². The summed E-state index contributed by atoms with van der Waals surface area (Å²) in [6.45, 7) is 0.263. The van der Waals surface area contributed by atoms with Crippen LogP contribution in [0.1, 0.15) is 15.9 Å². The number of ether oxygens (including phenoxy) is 1. The lowest BCUT2D eigenvalue weighted by Gasteiger charge is -2.11. The van der Waals surface area contributed by atoms with Crippen molar-refractivity contribution in [2.75, 3.05) is 0 Å². The van der Waals surface area contributed by atoms with Crippen LogP contribution in [0.5, 0.6) is 0 Å². The van der Waals surface area contributed by atoms with Gasteiger partial charge in [0.15, 0.2) is 0 Å².